The van der Waals surface area contributed by atoms with E-state index < -0.39 is 50.5 Å². The third-order valence-electron chi connectivity index (χ3n) is 5.75. The molecule has 1 aromatic heterocycles. The standard InChI is InChI=1S/C22H17F3N4O5S2/c1-35(32)17-9-12(11-26)3-4-14(17)20-19-15(5-6-16(19)30)28(21(31)29(20)36(2,33)34)13-7-8-27-18(10-13)22(23,24)25/h3-4,7-10,20H,5-6H2,1-2H3. The lowest BCUT2D eigenvalue weighted by Gasteiger charge is -2.41. The van der Waals surface area contributed by atoms with Gasteiger partial charge in [0.15, 0.2) is 5.78 Å². The van der Waals surface area contributed by atoms with E-state index in [0.717, 1.165) is 23.4 Å². The molecule has 0 N–H and O–H groups in total. The van der Waals surface area contributed by atoms with Gasteiger partial charge in [-0.25, -0.2) is 17.5 Å². The number of carbonyl (C=O) groups is 2. The van der Waals surface area contributed by atoms with Crippen LogP contribution in [0.1, 0.15) is 35.7 Å². The van der Waals surface area contributed by atoms with E-state index in [0.29, 0.717) is 10.4 Å². The molecule has 2 aliphatic rings. The van der Waals surface area contributed by atoms with Crippen LogP contribution >= 0.6 is 0 Å². The molecule has 1 aromatic carbocycles. The van der Waals surface area contributed by atoms with Crippen molar-refractivity contribution in [2.75, 3.05) is 17.4 Å². The Labute approximate surface area is 206 Å². The Hall–Kier alpha value is -3.57. The Morgan fingerprint density at radius 3 is 2.44 bits per heavy atom. The summed E-state index contributed by atoms with van der Waals surface area (Å²) in [6, 6.07) is 4.82. The highest BCUT2D eigenvalue weighted by atomic mass is 32.2. The van der Waals surface area contributed by atoms with E-state index >= 15 is 0 Å². The van der Waals surface area contributed by atoms with Gasteiger partial charge in [-0.05, 0) is 36.2 Å². The fourth-order valence-electron chi connectivity index (χ4n) is 4.32. The first-order chi connectivity index (χ1) is 16.8. The summed E-state index contributed by atoms with van der Waals surface area (Å²) >= 11 is 0. The van der Waals surface area contributed by atoms with E-state index in [4.69, 9.17) is 0 Å². The molecule has 14 heteroatoms. The molecule has 0 bridgehead atoms. The molecular weight excluding hydrogens is 521 g/mol. The fraction of sp³-hybridized carbons (Fsp3) is 0.273. The first kappa shape index (κ1) is 25.5. The lowest BCUT2D eigenvalue weighted by atomic mass is 9.94. The van der Waals surface area contributed by atoms with Crippen LogP contribution in [0.25, 0.3) is 0 Å². The van der Waals surface area contributed by atoms with Gasteiger partial charge in [0.25, 0.3) is 0 Å². The number of amides is 2. The number of hydrogen-bond donors (Lipinski definition) is 0. The molecule has 2 aromatic rings. The fourth-order valence-corrected chi connectivity index (χ4v) is 6.09. The Morgan fingerprint density at radius 2 is 1.86 bits per heavy atom. The zero-order valence-electron chi connectivity index (χ0n) is 18.7. The summed E-state index contributed by atoms with van der Waals surface area (Å²) in [7, 11) is -6.17. The first-order valence-electron chi connectivity index (χ1n) is 10.3. The van der Waals surface area contributed by atoms with Gasteiger partial charge in [-0.2, -0.15) is 18.4 Å². The number of rotatable bonds is 4. The summed E-state index contributed by atoms with van der Waals surface area (Å²) in [6.45, 7) is 0. The van der Waals surface area contributed by atoms with Gasteiger partial charge in [-0.1, -0.05) is 6.07 Å². The number of pyridine rings is 1. The third-order valence-corrected chi connectivity index (χ3v) is 7.81. The number of hydrogen-bond acceptors (Lipinski definition) is 7. The topological polar surface area (TPSA) is 129 Å². The van der Waals surface area contributed by atoms with Gasteiger partial charge in [-0.15, -0.1) is 0 Å². The highest BCUT2D eigenvalue weighted by molar-refractivity contribution is 7.89. The summed E-state index contributed by atoms with van der Waals surface area (Å²) in [5, 5.41) is 9.24. The predicted molar refractivity (Wildman–Crippen MR) is 121 cm³/mol. The number of halogens is 3. The van der Waals surface area contributed by atoms with Gasteiger partial charge in [0, 0.05) is 35.0 Å². The van der Waals surface area contributed by atoms with Crippen molar-refractivity contribution < 1.29 is 35.4 Å². The lowest BCUT2D eigenvalue weighted by Crippen LogP contribution is -2.52. The lowest BCUT2D eigenvalue weighted by molar-refractivity contribution is -0.141. The zero-order valence-corrected chi connectivity index (χ0v) is 20.4. The Kier molecular flexibility index (Phi) is 6.26. The van der Waals surface area contributed by atoms with Crippen molar-refractivity contribution in [3.63, 3.8) is 0 Å². The van der Waals surface area contributed by atoms with Gasteiger partial charge in [0.05, 0.1) is 34.4 Å². The molecule has 0 radical (unpaired) electrons. The van der Waals surface area contributed by atoms with E-state index in [1.54, 1.807) is 0 Å². The molecular formula is C22H17F3N4O5S2. The van der Waals surface area contributed by atoms with Gasteiger partial charge < -0.3 is 0 Å². The quantitative estimate of drug-likeness (QED) is 0.584. The smallest absolute Gasteiger partial charge is 0.294 e. The van der Waals surface area contributed by atoms with Crippen LogP contribution in [0.4, 0.5) is 23.7 Å². The van der Waals surface area contributed by atoms with Crippen LogP contribution in [0, 0.1) is 11.3 Å². The molecule has 2 unspecified atom stereocenters. The second-order valence-electron chi connectivity index (χ2n) is 8.08. The van der Waals surface area contributed by atoms with Crippen LogP contribution in [0.3, 0.4) is 0 Å². The number of allylic oxidation sites excluding steroid dienone is 1. The van der Waals surface area contributed by atoms with E-state index in [1.807, 2.05) is 6.07 Å². The maximum Gasteiger partial charge on any atom is 0.433 e. The van der Waals surface area contributed by atoms with Crippen molar-refractivity contribution in [1.82, 2.24) is 9.29 Å². The molecule has 0 saturated heterocycles. The molecule has 0 spiro atoms. The molecule has 2 atom stereocenters. The summed E-state index contributed by atoms with van der Waals surface area (Å²) in [6.07, 6.45) is -2.12. The van der Waals surface area contributed by atoms with Crippen LogP contribution in [-0.4, -0.2) is 46.2 Å². The monoisotopic (exact) mass is 538 g/mol. The summed E-state index contributed by atoms with van der Waals surface area (Å²) in [5.41, 5.74) is -1.49. The number of Topliss-reactive ketones (excluding diaryl/α,β-unsaturated/α-hetero) is 1. The minimum Gasteiger partial charge on any atom is -0.294 e. The van der Waals surface area contributed by atoms with Crippen molar-refractivity contribution >= 4 is 38.3 Å². The van der Waals surface area contributed by atoms with Crippen LogP contribution in [0.5, 0.6) is 0 Å². The zero-order chi connectivity index (χ0) is 26.6. The second kappa shape index (κ2) is 8.82. The summed E-state index contributed by atoms with van der Waals surface area (Å²) in [4.78, 5) is 30.8. The average Bonchev–Trinajstić information content (AvgIpc) is 3.17. The minimum absolute atomic E-state index is 0.0293. The number of nitrogens with zero attached hydrogens (tertiary/aromatic N) is 4. The number of anilines is 1. The molecule has 2 amide bonds. The predicted octanol–water partition coefficient (Wildman–Crippen LogP) is 3.27. The van der Waals surface area contributed by atoms with Crippen molar-refractivity contribution in [1.29, 1.82) is 5.26 Å². The van der Waals surface area contributed by atoms with E-state index in [9.17, 15) is 40.6 Å². The maximum absolute atomic E-state index is 13.7. The van der Waals surface area contributed by atoms with Crippen LogP contribution in [0.15, 0.2) is 52.7 Å². The van der Waals surface area contributed by atoms with Gasteiger partial charge >= 0.3 is 12.2 Å². The van der Waals surface area contributed by atoms with Crippen molar-refractivity contribution in [2.45, 2.75) is 30.0 Å². The number of nitriles is 1. The van der Waals surface area contributed by atoms with Gasteiger partial charge in [0.1, 0.15) is 11.7 Å². The molecule has 0 fully saturated rings. The highest BCUT2D eigenvalue weighted by Crippen LogP contribution is 2.47. The molecule has 9 nitrogen and oxygen atoms in total. The third kappa shape index (κ3) is 4.28. The molecule has 188 valence electrons. The number of alkyl halides is 3. The van der Waals surface area contributed by atoms with Crippen LogP contribution in [0.2, 0.25) is 0 Å². The average molecular weight is 539 g/mol. The molecule has 1 aliphatic carbocycles. The van der Waals surface area contributed by atoms with Crippen molar-refractivity contribution in [3.8, 4) is 6.07 Å². The number of urea groups is 1. The van der Waals surface area contributed by atoms with E-state index in [-0.39, 0.29) is 45.8 Å². The van der Waals surface area contributed by atoms with Gasteiger partial charge in [-0.3, -0.25) is 18.9 Å². The Morgan fingerprint density at radius 1 is 1.17 bits per heavy atom. The number of benzene rings is 1. The molecule has 4 rings (SSSR count). The number of sulfonamides is 1. The van der Waals surface area contributed by atoms with Gasteiger partial charge in [0.2, 0.25) is 10.0 Å². The Bertz CT molecular complexity index is 1510. The SMILES string of the molecule is CS(=O)c1cc(C#N)ccc1C1C2=C(CCC2=O)N(c2ccnc(C(F)(F)F)c2)C(=O)N1S(C)(=O)=O. The van der Waals surface area contributed by atoms with E-state index in [2.05, 4.69) is 4.98 Å². The molecule has 0 saturated carbocycles. The largest absolute Gasteiger partial charge is 0.433 e. The van der Waals surface area contributed by atoms with Crippen molar-refractivity contribution in [3.05, 3.63) is 64.6 Å². The molecule has 36 heavy (non-hydrogen) atoms. The summed E-state index contributed by atoms with van der Waals surface area (Å²) < 4.78 is 78.7. The molecule has 1 aliphatic heterocycles. The van der Waals surface area contributed by atoms with Crippen LogP contribution < -0.4 is 4.90 Å². The van der Waals surface area contributed by atoms with Crippen LogP contribution in [-0.2, 0) is 31.8 Å². The highest BCUT2D eigenvalue weighted by Gasteiger charge is 2.50. The Balaban J connectivity index is 2.03. The minimum atomic E-state index is -4.83. The van der Waals surface area contributed by atoms with Crippen molar-refractivity contribution in [2.24, 2.45) is 0 Å². The number of aromatic nitrogens is 1. The maximum atomic E-state index is 13.7. The first-order valence-corrected chi connectivity index (χ1v) is 13.7. The molecule has 2 heterocycles. The number of ketones is 1. The summed E-state index contributed by atoms with van der Waals surface area (Å²) in [5.74, 6) is -0.511. The second-order valence-corrected chi connectivity index (χ2v) is 11.3. The normalized spacial score (nSPS) is 19.4. The number of carbonyl (C=O) groups excluding carboxylic acids is 2. The van der Waals surface area contributed by atoms with E-state index in [1.165, 1.54) is 24.5 Å².